The van der Waals surface area contributed by atoms with Gasteiger partial charge in [-0.25, -0.2) is 0 Å². The Bertz CT molecular complexity index is 397. The highest BCUT2D eigenvalue weighted by molar-refractivity contribution is 6.30. The summed E-state index contributed by atoms with van der Waals surface area (Å²) in [5.74, 6) is 0. The Labute approximate surface area is 135 Å². The summed E-state index contributed by atoms with van der Waals surface area (Å²) in [6.45, 7) is 12.8. The van der Waals surface area contributed by atoms with E-state index in [-0.39, 0.29) is 11.5 Å². The van der Waals surface area contributed by atoms with E-state index in [9.17, 15) is 0 Å². The number of hydrogen-bond donors (Lipinski definition) is 1. The van der Waals surface area contributed by atoms with Gasteiger partial charge in [0.1, 0.15) is 0 Å². The number of rotatable bonds is 8. The van der Waals surface area contributed by atoms with Gasteiger partial charge in [-0.2, -0.15) is 0 Å². The van der Waals surface area contributed by atoms with Crippen molar-refractivity contribution in [2.75, 3.05) is 13.2 Å². The second kappa shape index (κ2) is 8.77. The van der Waals surface area contributed by atoms with Crippen LogP contribution in [0.3, 0.4) is 0 Å². The van der Waals surface area contributed by atoms with E-state index in [0.717, 1.165) is 31.0 Å². The molecule has 0 radical (unpaired) electrons. The van der Waals surface area contributed by atoms with Crippen molar-refractivity contribution >= 4 is 11.6 Å². The Hall–Kier alpha value is -0.570. The number of nitrogens with one attached hydrogen (secondary N) is 1. The molecule has 1 rings (SSSR count). The van der Waals surface area contributed by atoms with Crippen molar-refractivity contribution in [3.63, 3.8) is 0 Å². The van der Waals surface area contributed by atoms with Gasteiger partial charge in [-0.1, -0.05) is 51.4 Å². The zero-order chi connectivity index (χ0) is 15.9. The highest BCUT2D eigenvalue weighted by Gasteiger charge is 2.32. The zero-order valence-corrected chi connectivity index (χ0v) is 14.8. The molecule has 0 aliphatic rings. The van der Waals surface area contributed by atoms with Crippen LogP contribution in [0.1, 0.15) is 46.6 Å². The molecule has 0 amide bonds. The van der Waals surface area contributed by atoms with E-state index >= 15 is 0 Å². The molecule has 120 valence electrons. The minimum Gasteiger partial charge on any atom is -0.376 e. The lowest BCUT2D eigenvalue weighted by Gasteiger charge is -2.37. The summed E-state index contributed by atoms with van der Waals surface area (Å²) in [5, 5.41) is 4.45. The molecule has 1 N–H and O–H groups in total. The van der Waals surface area contributed by atoms with Crippen molar-refractivity contribution in [3.05, 3.63) is 34.9 Å². The van der Waals surface area contributed by atoms with Crippen LogP contribution in [-0.4, -0.2) is 25.3 Å². The van der Waals surface area contributed by atoms with E-state index in [2.05, 4.69) is 52.1 Å². The molecule has 21 heavy (non-hydrogen) atoms. The molecule has 0 heterocycles. The largest absolute Gasteiger partial charge is 0.376 e. The molecule has 2 atom stereocenters. The predicted octanol–water partition coefficient (Wildman–Crippen LogP) is 4.70. The van der Waals surface area contributed by atoms with Crippen molar-refractivity contribution < 1.29 is 4.74 Å². The average molecular weight is 312 g/mol. The van der Waals surface area contributed by atoms with Crippen molar-refractivity contribution in [1.82, 2.24) is 5.32 Å². The number of benzene rings is 1. The van der Waals surface area contributed by atoms with Crippen LogP contribution < -0.4 is 5.32 Å². The summed E-state index contributed by atoms with van der Waals surface area (Å²) in [6.07, 6.45) is 2.27. The lowest BCUT2D eigenvalue weighted by Crippen LogP contribution is -2.49. The molecular formula is C18H30ClNO. The normalized spacial score (nSPS) is 15.0. The van der Waals surface area contributed by atoms with Crippen LogP contribution in [0.4, 0.5) is 0 Å². The van der Waals surface area contributed by atoms with E-state index in [4.69, 9.17) is 16.3 Å². The zero-order valence-electron chi connectivity index (χ0n) is 14.1. The second-order valence-electron chi connectivity index (χ2n) is 6.63. The van der Waals surface area contributed by atoms with Gasteiger partial charge in [0, 0.05) is 17.7 Å². The Balaban J connectivity index is 2.88. The first-order valence-electron chi connectivity index (χ1n) is 7.97. The maximum atomic E-state index is 6.07. The van der Waals surface area contributed by atoms with Crippen LogP contribution in [-0.2, 0) is 11.2 Å². The fourth-order valence-corrected chi connectivity index (χ4v) is 2.77. The summed E-state index contributed by atoms with van der Waals surface area (Å²) < 4.78 is 6.07. The Morgan fingerprint density at radius 2 is 1.76 bits per heavy atom. The van der Waals surface area contributed by atoms with Gasteiger partial charge in [-0.3, -0.25) is 0 Å². The summed E-state index contributed by atoms with van der Waals surface area (Å²) in [7, 11) is 0. The standard InChI is InChI=1S/C18H30ClNO/c1-6-12-20-16(17(21-7-2)18(3,4)5)13-14-8-10-15(19)11-9-14/h8-11,16-17,20H,6-7,12-13H2,1-5H3. The van der Waals surface area contributed by atoms with Gasteiger partial charge < -0.3 is 10.1 Å². The van der Waals surface area contributed by atoms with Gasteiger partial charge in [0.2, 0.25) is 0 Å². The van der Waals surface area contributed by atoms with E-state index in [1.807, 2.05) is 12.1 Å². The third kappa shape index (κ3) is 6.37. The fourth-order valence-electron chi connectivity index (χ4n) is 2.64. The Morgan fingerprint density at radius 1 is 1.14 bits per heavy atom. The Kier molecular flexibility index (Phi) is 7.72. The van der Waals surface area contributed by atoms with Crippen molar-refractivity contribution in [1.29, 1.82) is 0 Å². The van der Waals surface area contributed by atoms with Gasteiger partial charge in [0.15, 0.2) is 0 Å². The molecule has 1 aromatic carbocycles. The molecular weight excluding hydrogens is 282 g/mol. The molecule has 3 heteroatoms. The van der Waals surface area contributed by atoms with Crippen LogP contribution >= 0.6 is 11.6 Å². The third-order valence-electron chi connectivity index (χ3n) is 3.59. The summed E-state index contributed by atoms with van der Waals surface area (Å²) in [5.41, 5.74) is 1.40. The summed E-state index contributed by atoms with van der Waals surface area (Å²) >= 11 is 5.98. The highest BCUT2D eigenvalue weighted by Crippen LogP contribution is 2.27. The van der Waals surface area contributed by atoms with Gasteiger partial charge in [-0.15, -0.1) is 0 Å². The molecule has 0 aliphatic heterocycles. The van der Waals surface area contributed by atoms with E-state index < -0.39 is 0 Å². The molecule has 1 aromatic rings. The quantitative estimate of drug-likeness (QED) is 0.751. The van der Waals surface area contributed by atoms with Crippen LogP contribution in [0, 0.1) is 5.41 Å². The summed E-state index contributed by atoms with van der Waals surface area (Å²) in [6, 6.07) is 8.44. The SMILES string of the molecule is CCCNC(Cc1ccc(Cl)cc1)C(OCC)C(C)(C)C. The summed E-state index contributed by atoms with van der Waals surface area (Å²) in [4.78, 5) is 0. The van der Waals surface area contributed by atoms with Gasteiger partial charge in [0.05, 0.1) is 6.10 Å². The maximum absolute atomic E-state index is 6.07. The monoisotopic (exact) mass is 311 g/mol. The average Bonchev–Trinajstić information content (AvgIpc) is 2.42. The Morgan fingerprint density at radius 3 is 2.24 bits per heavy atom. The second-order valence-corrected chi connectivity index (χ2v) is 7.07. The van der Waals surface area contributed by atoms with E-state index in [1.165, 1.54) is 5.56 Å². The van der Waals surface area contributed by atoms with Crippen molar-refractivity contribution in [2.45, 2.75) is 59.6 Å². The lowest BCUT2D eigenvalue weighted by atomic mass is 9.82. The maximum Gasteiger partial charge on any atom is 0.0779 e. The molecule has 0 aliphatic carbocycles. The minimum absolute atomic E-state index is 0.105. The molecule has 2 nitrogen and oxygen atoms in total. The van der Waals surface area contributed by atoms with Crippen LogP contribution in [0.5, 0.6) is 0 Å². The molecule has 0 saturated carbocycles. The number of ether oxygens (including phenoxy) is 1. The van der Waals surface area contributed by atoms with Gasteiger partial charge >= 0.3 is 0 Å². The molecule has 0 bridgehead atoms. The van der Waals surface area contributed by atoms with Crippen LogP contribution in [0.25, 0.3) is 0 Å². The molecule has 0 saturated heterocycles. The van der Waals surface area contributed by atoms with Crippen LogP contribution in [0.15, 0.2) is 24.3 Å². The van der Waals surface area contributed by atoms with Crippen molar-refractivity contribution in [3.8, 4) is 0 Å². The van der Waals surface area contributed by atoms with E-state index in [1.54, 1.807) is 0 Å². The molecule has 2 unspecified atom stereocenters. The first-order valence-corrected chi connectivity index (χ1v) is 8.35. The number of hydrogen-bond acceptors (Lipinski definition) is 2. The van der Waals surface area contributed by atoms with Crippen molar-refractivity contribution in [2.24, 2.45) is 5.41 Å². The third-order valence-corrected chi connectivity index (χ3v) is 3.84. The first-order chi connectivity index (χ1) is 9.88. The molecule has 0 aromatic heterocycles. The smallest absolute Gasteiger partial charge is 0.0779 e. The first kappa shape index (κ1) is 18.5. The van der Waals surface area contributed by atoms with E-state index in [0.29, 0.717) is 6.04 Å². The molecule has 0 fully saturated rings. The molecule has 0 spiro atoms. The lowest BCUT2D eigenvalue weighted by molar-refractivity contribution is -0.0355. The van der Waals surface area contributed by atoms with Gasteiger partial charge in [-0.05, 0) is 49.4 Å². The fraction of sp³-hybridized carbons (Fsp3) is 0.667. The number of halogens is 1. The van der Waals surface area contributed by atoms with Gasteiger partial charge in [0.25, 0.3) is 0 Å². The highest BCUT2D eigenvalue weighted by atomic mass is 35.5. The topological polar surface area (TPSA) is 21.3 Å². The predicted molar refractivity (Wildman–Crippen MR) is 92.1 cm³/mol. The van der Waals surface area contributed by atoms with Crippen LogP contribution in [0.2, 0.25) is 5.02 Å². The minimum atomic E-state index is 0.105.